The first-order chi connectivity index (χ1) is 10.2. The average Bonchev–Trinajstić information content (AvgIpc) is 2.93. The molecule has 21 heavy (non-hydrogen) atoms. The highest BCUT2D eigenvalue weighted by Crippen LogP contribution is 2.17. The third kappa shape index (κ3) is 4.36. The first-order valence-electron chi connectivity index (χ1n) is 7.57. The molecule has 0 aliphatic carbocycles. The van der Waals surface area contributed by atoms with Crippen molar-refractivity contribution in [2.45, 2.75) is 25.9 Å². The first-order valence-corrected chi connectivity index (χ1v) is 7.57. The Morgan fingerprint density at radius 2 is 2.29 bits per heavy atom. The standard InChI is InChI=1S/C16H25N3O2/c1-3-17-16(19-11-9-14(20)12-19)18-10-8-13-6-4-5-7-15(13)21-2/h4-7,14,20H,3,8-12H2,1-2H3,(H,17,18)/t14-/m1/s1. The van der Waals surface area contributed by atoms with Crippen LogP contribution >= 0.6 is 0 Å². The summed E-state index contributed by atoms with van der Waals surface area (Å²) in [6, 6.07) is 8.03. The molecule has 0 saturated carbocycles. The van der Waals surface area contributed by atoms with E-state index in [1.54, 1.807) is 7.11 Å². The van der Waals surface area contributed by atoms with Gasteiger partial charge in [-0.25, -0.2) is 0 Å². The number of aliphatic hydroxyl groups excluding tert-OH is 1. The van der Waals surface area contributed by atoms with Crippen LogP contribution in [0, 0.1) is 0 Å². The van der Waals surface area contributed by atoms with Crippen LogP contribution in [0.4, 0.5) is 0 Å². The average molecular weight is 291 g/mol. The predicted molar refractivity (Wildman–Crippen MR) is 84.9 cm³/mol. The normalized spacial score (nSPS) is 18.9. The van der Waals surface area contributed by atoms with Crippen LogP contribution < -0.4 is 10.1 Å². The number of aliphatic hydroxyl groups is 1. The van der Waals surface area contributed by atoms with Crippen molar-refractivity contribution < 1.29 is 9.84 Å². The molecule has 116 valence electrons. The Balaban J connectivity index is 1.96. The van der Waals surface area contributed by atoms with E-state index in [1.807, 2.05) is 18.2 Å². The second-order valence-electron chi connectivity index (χ2n) is 5.19. The first kappa shape index (κ1) is 15.6. The molecule has 1 heterocycles. The number of hydrogen-bond donors (Lipinski definition) is 2. The minimum atomic E-state index is -0.233. The lowest BCUT2D eigenvalue weighted by Gasteiger charge is -2.21. The molecule has 1 aromatic carbocycles. The molecule has 0 spiro atoms. The fourth-order valence-electron chi connectivity index (χ4n) is 2.55. The Labute approximate surface area is 126 Å². The lowest BCUT2D eigenvalue weighted by atomic mass is 10.1. The van der Waals surface area contributed by atoms with Crippen molar-refractivity contribution in [1.29, 1.82) is 0 Å². The largest absolute Gasteiger partial charge is 0.496 e. The van der Waals surface area contributed by atoms with Crippen molar-refractivity contribution in [2.75, 3.05) is 33.3 Å². The van der Waals surface area contributed by atoms with Gasteiger partial charge < -0.3 is 20.1 Å². The molecular weight excluding hydrogens is 266 g/mol. The van der Waals surface area contributed by atoms with Crippen molar-refractivity contribution in [3.63, 3.8) is 0 Å². The van der Waals surface area contributed by atoms with Crippen LogP contribution in [0.2, 0.25) is 0 Å². The van der Waals surface area contributed by atoms with E-state index in [0.29, 0.717) is 13.1 Å². The lowest BCUT2D eigenvalue weighted by molar-refractivity contribution is 0.188. The number of aliphatic imine (C=N–C) groups is 1. The smallest absolute Gasteiger partial charge is 0.194 e. The van der Waals surface area contributed by atoms with Crippen molar-refractivity contribution in [2.24, 2.45) is 4.99 Å². The van der Waals surface area contributed by atoms with Crippen LogP contribution in [0.5, 0.6) is 5.75 Å². The number of ether oxygens (including phenoxy) is 1. The van der Waals surface area contributed by atoms with Crippen LogP contribution in [0.1, 0.15) is 18.9 Å². The molecule has 0 unspecified atom stereocenters. The molecule has 2 N–H and O–H groups in total. The van der Waals surface area contributed by atoms with Gasteiger partial charge in [-0.05, 0) is 31.4 Å². The summed E-state index contributed by atoms with van der Waals surface area (Å²) in [5.74, 6) is 1.80. The van der Waals surface area contributed by atoms with Crippen LogP contribution in [0.15, 0.2) is 29.3 Å². The van der Waals surface area contributed by atoms with Gasteiger partial charge in [-0.15, -0.1) is 0 Å². The van der Waals surface area contributed by atoms with E-state index in [0.717, 1.165) is 37.6 Å². The molecule has 1 atom stereocenters. The summed E-state index contributed by atoms with van der Waals surface area (Å²) < 4.78 is 5.36. The molecule has 1 aliphatic rings. The van der Waals surface area contributed by atoms with E-state index in [2.05, 4.69) is 28.2 Å². The minimum Gasteiger partial charge on any atom is -0.496 e. The van der Waals surface area contributed by atoms with Gasteiger partial charge in [-0.3, -0.25) is 4.99 Å². The molecule has 2 rings (SSSR count). The van der Waals surface area contributed by atoms with Crippen molar-refractivity contribution in [3.8, 4) is 5.75 Å². The third-order valence-corrected chi connectivity index (χ3v) is 3.63. The number of nitrogens with one attached hydrogen (secondary N) is 1. The fraction of sp³-hybridized carbons (Fsp3) is 0.562. The number of likely N-dealkylation sites (tertiary alicyclic amines) is 1. The number of para-hydroxylation sites is 1. The van der Waals surface area contributed by atoms with Gasteiger partial charge >= 0.3 is 0 Å². The van der Waals surface area contributed by atoms with Gasteiger partial charge in [0.25, 0.3) is 0 Å². The molecule has 1 aromatic rings. The molecule has 0 radical (unpaired) electrons. The van der Waals surface area contributed by atoms with E-state index in [1.165, 1.54) is 5.56 Å². The highest BCUT2D eigenvalue weighted by molar-refractivity contribution is 5.80. The predicted octanol–water partition coefficient (Wildman–Crippen LogP) is 1.27. The Hall–Kier alpha value is -1.75. The highest BCUT2D eigenvalue weighted by atomic mass is 16.5. The maximum atomic E-state index is 9.65. The second-order valence-corrected chi connectivity index (χ2v) is 5.19. The highest BCUT2D eigenvalue weighted by Gasteiger charge is 2.22. The minimum absolute atomic E-state index is 0.233. The number of hydrogen-bond acceptors (Lipinski definition) is 3. The Morgan fingerprint density at radius 3 is 2.95 bits per heavy atom. The van der Waals surface area contributed by atoms with E-state index in [-0.39, 0.29) is 6.10 Å². The molecule has 1 saturated heterocycles. The summed E-state index contributed by atoms with van der Waals surface area (Å²) >= 11 is 0. The van der Waals surface area contributed by atoms with Gasteiger partial charge in [0.15, 0.2) is 5.96 Å². The molecule has 1 fully saturated rings. The van der Waals surface area contributed by atoms with E-state index < -0.39 is 0 Å². The van der Waals surface area contributed by atoms with E-state index >= 15 is 0 Å². The van der Waals surface area contributed by atoms with Gasteiger partial charge in [0.2, 0.25) is 0 Å². The zero-order valence-corrected chi connectivity index (χ0v) is 12.9. The quantitative estimate of drug-likeness (QED) is 0.634. The number of rotatable bonds is 5. The van der Waals surface area contributed by atoms with Gasteiger partial charge in [0, 0.05) is 26.2 Å². The van der Waals surface area contributed by atoms with Crippen molar-refractivity contribution in [3.05, 3.63) is 29.8 Å². The van der Waals surface area contributed by atoms with E-state index in [4.69, 9.17) is 4.74 Å². The number of guanidine groups is 1. The molecule has 5 nitrogen and oxygen atoms in total. The molecule has 0 amide bonds. The maximum Gasteiger partial charge on any atom is 0.194 e. The zero-order valence-electron chi connectivity index (χ0n) is 12.9. The molecular formula is C16H25N3O2. The Morgan fingerprint density at radius 1 is 1.48 bits per heavy atom. The number of nitrogens with zero attached hydrogens (tertiary/aromatic N) is 2. The molecule has 0 bridgehead atoms. The third-order valence-electron chi connectivity index (χ3n) is 3.63. The van der Waals surface area contributed by atoms with Crippen molar-refractivity contribution in [1.82, 2.24) is 10.2 Å². The number of methoxy groups -OCH3 is 1. The molecule has 1 aliphatic heterocycles. The Kier molecular flexibility index (Phi) is 5.87. The maximum absolute atomic E-state index is 9.65. The van der Waals surface area contributed by atoms with E-state index in [9.17, 15) is 5.11 Å². The SMILES string of the molecule is CCNC(=NCCc1ccccc1OC)N1CC[C@@H](O)C1. The molecule has 0 aromatic heterocycles. The summed E-state index contributed by atoms with van der Waals surface area (Å²) in [5.41, 5.74) is 1.17. The summed E-state index contributed by atoms with van der Waals surface area (Å²) in [7, 11) is 1.69. The Bertz CT molecular complexity index is 476. The fourth-order valence-corrected chi connectivity index (χ4v) is 2.55. The van der Waals surface area contributed by atoms with Crippen molar-refractivity contribution >= 4 is 5.96 Å². The van der Waals surface area contributed by atoms with Gasteiger partial charge in [0.05, 0.1) is 13.2 Å². The van der Waals surface area contributed by atoms with Crippen LogP contribution in [0.25, 0.3) is 0 Å². The number of benzene rings is 1. The monoisotopic (exact) mass is 291 g/mol. The zero-order chi connectivity index (χ0) is 15.1. The summed E-state index contributed by atoms with van der Waals surface area (Å²) in [4.78, 5) is 6.79. The second kappa shape index (κ2) is 7.88. The summed E-state index contributed by atoms with van der Waals surface area (Å²) in [5, 5.41) is 12.9. The lowest BCUT2D eigenvalue weighted by Crippen LogP contribution is -2.40. The summed E-state index contributed by atoms with van der Waals surface area (Å²) in [6.07, 6.45) is 1.43. The van der Waals surface area contributed by atoms with Crippen LogP contribution in [-0.4, -0.2) is 55.4 Å². The summed E-state index contributed by atoms with van der Waals surface area (Å²) in [6.45, 7) is 5.12. The topological polar surface area (TPSA) is 57.1 Å². The van der Waals surface area contributed by atoms with Crippen LogP contribution in [-0.2, 0) is 6.42 Å². The molecule has 5 heteroatoms. The van der Waals surface area contributed by atoms with Gasteiger partial charge in [-0.1, -0.05) is 18.2 Å². The van der Waals surface area contributed by atoms with Gasteiger partial charge in [-0.2, -0.15) is 0 Å². The number of β-amino-alcohol motifs (C(OH)–C–C–N with tert-alkyl or cyclic N) is 1. The van der Waals surface area contributed by atoms with Gasteiger partial charge in [0.1, 0.15) is 5.75 Å². The van der Waals surface area contributed by atoms with Crippen LogP contribution in [0.3, 0.4) is 0 Å².